The number of benzene rings is 2. The maximum absolute atomic E-state index is 13.4. The molecule has 0 radical (unpaired) electrons. The Morgan fingerprint density at radius 3 is 2.61 bits per heavy atom. The highest BCUT2D eigenvalue weighted by Gasteiger charge is 2.07. The van der Waals surface area contributed by atoms with E-state index < -0.39 is 11.6 Å². The molecule has 0 fully saturated rings. The number of rotatable bonds is 3. The van der Waals surface area contributed by atoms with E-state index in [1.54, 1.807) is 12.1 Å². The summed E-state index contributed by atoms with van der Waals surface area (Å²) >= 11 is 1.17. The molecule has 0 aliphatic carbocycles. The molecule has 2 nitrogen and oxygen atoms in total. The standard InChI is InChI=1S/C13H11F2NOS/c14-9-1-4-13(11(15)6-9)18-7-8-5-10(16)2-3-12(8)17/h1-6,17H,7,16H2. The van der Waals surface area contributed by atoms with Crippen LogP contribution in [0.1, 0.15) is 5.56 Å². The number of anilines is 1. The van der Waals surface area contributed by atoms with Crippen molar-refractivity contribution in [2.45, 2.75) is 10.6 Å². The molecule has 0 aliphatic rings. The Bertz CT molecular complexity index is 575. The number of phenolic OH excluding ortho intramolecular Hbond substituents is 1. The second kappa shape index (κ2) is 5.27. The van der Waals surface area contributed by atoms with Crippen molar-refractivity contribution in [3.05, 3.63) is 53.6 Å². The number of hydrogen-bond acceptors (Lipinski definition) is 3. The van der Waals surface area contributed by atoms with Crippen LogP contribution in [-0.4, -0.2) is 5.11 Å². The van der Waals surface area contributed by atoms with Gasteiger partial charge >= 0.3 is 0 Å². The first kappa shape index (κ1) is 12.7. The van der Waals surface area contributed by atoms with Gasteiger partial charge in [-0.3, -0.25) is 0 Å². The van der Waals surface area contributed by atoms with Crippen LogP contribution in [0.5, 0.6) is 5.75 Å². The molecule has 2 aromatic carbocycles. The molecule has 2 rings (SSSR count). The fourth-order valence-corrected chi connectivity index (χ4v) is 2.37. The summed E-state index contributed by atoms with van der Waals surface area (Å²) in [6, 6.07) is 8.11. The second-order valence-corrected chi connectivity index (χ2v) is 4.77. The smallest absolute Gasteiger partial charge is 0.139 e. The molecule has 0 saturated heterocycles. The van der Waals surface area contributed by atoms with Gasteiger partial charge in [0, 0.05) is 28.0 Å². The van der Waals surface area contributed by atoms with Crippen LogP contribution in [0.15, 0.2) is 41.3 Å². The number of nitrogens with two attached hydrogens (primary N) is 1. The van der Waals surface area contributed by atoms with Gasteiger partial charge in [-0.2, -0.15) is 0 Å². The monoisotopic (exact) mass is 267 g/mol. The van der Waals surface area contributed by atoms with Crippen LogP contribution >= 0.6 is 11.8 Å². The molecule has 3 N–H and O–H groups in total. The summed E-state index contributed by atoms with van der Waals surface area (Å²) in [4.78, 5) is 0.332. The highest BCUT2D eigenvalue weighted by Crippen LogP contribution is 2.30. The van der Waals surface area contributed by atoms with Crippen LogP contribution in [0.4, 0.5) is 14.5 Å². The minimum absolute atomic E-state index is 0.110. The first-order valence-corrected chi connectivity index (χ1v) is 6.20. The Labute approximate surface area is 107 Å². The number of thioether (sulfide) groups is 1. The Hall–Kier alpha value is -1.75. The van der Waals surface area contributed by atoms with E-state index in [-0.39, 0.29) is 5.75 Å². The van der Waals surface area contributed by atoms with Crippen molar-refractivity contribution in [2.75, 3.05) is 5.73 Å². The maximum Gasteiger partial charge on any atom is 0.139 e. The van der Waals surface area contributed by atoms with Crippen LogP contribution in [0.2, 0.25) is 0 Å². The van der Waals surface area contributed by atoms with E-state index in [0.29, 0.717) is 21.9 Å². The molecule has 0 saturated carbocycles. The van der Waals surface area contributed by atoms with E-state index in [4.69, 9.17) is 5.73 Å². The van der Waals surface area contributed by atoms with Crippen LogP contribution in [0, 0.1) is 11.6 Å². The van der Waals surface area contributed by atoms with Crippen molar-refractivity contribution >= 4 is 17.4 Å². The summed E-state index contributed by atoms with van der Waals surface area (Å²) in [7, 11) is 0. The van der Waals surface area contributed by atoms with Crippen LogP contribution < -0.4 is 5.73 Å². The average Bonchev–Trinajstić information content (AvgIpc) is 2.32. The Morgan fingerprint density at radius 1 is 1.11 bits per heavy atom. The third kappa shape index (κ3) is 2.92. The number of halogens is 2. The summed E-state index contributed by atoms with van der Waals surface area (Å²) in [5.74, 6) is -0.745. The van der Waals surface area contributed by atoms with Crippen LogP contribution in [0.3, 0.4) is 0 Å². The van der Waals surface area contributed by atoms with Crippen molar-refractivity contribution in [2.24, 2.45) is 0 Å². The van der Waals surface area contributed by atoms with E-state index >= 15 is 0 Å². The lowest BCUT2D eigenvalue weighted by molar-refractivity contribution is 0.470. The normalized spacial score (nSPS) is 10.6. The Kier molecular flexibility index (Phi) is 3.72. The van der Waals surface area contributed by atoms with Gasteiger partial charge < -0.3 is 10.8 Å². The minimum atomic E-state index is -0.608. The van der Waals surface area contributed by atoms with Crippen molar-refractivity contribution in [1.29, 1.82) is 0 Å². The summed E-state index contributed by atoms with van der Waals surface area (Å²) in [5.41, 5.74) is 6.75. The molecule has 0 unspecified atom stereocenters. The number of aromatic hydroxyl groups is 1. The predicted molar refractivity (Wildman–Crippen MR) is 68.4 cm³/mol. The molecule has 0 aromatic heterocycles. The predicted octanol–water partition coefficient (Wildman–Crippen LogP) is 3.54. The zero-order valence-corrected chi connectivity index (χ0v) is 10.2. The summed E-state index contributed by atoms with van der Waals surface area (Å²) in [6.45, 7) is 0. The van der Waals surface area contributed by atoms with Gasteiger partial charge in [-0.15, -0.1) is 11.8 Å². The van der Waals surface area contributed by atoms with Crippen LogP contribution in [-0.2, 0) is 5.75 Å². The molecule has 2 aromatic rings. The lowest BCUT2D eigenvalue weighted by atomic mass is 10.2. The lowest BCUT2D eigenvalue weighted by Gasteiger charge is -2.06. The molecular formula is C13H11F2NOS. The average molecular weight is 267 g/mol. The molecular weight excluding hydrogens is 256 g/mol. The summed E-state index contributed by atoms with van der Waals surface area (Å²) < 4.78 is 26.1. The van der Waals surface area contributed by atoms with Gasteiger partial charge in [0.25, 0.3) is 0 Å². The van der Waals surface area contributed by atoms with Crippen molar-refractivity contribution in [3.8, 4) is 5.75 Å². The molecule has 18 heavy (non-hydrogen) atoms. The molecule has 0 spiro atoms. The molecule has 94 valence electrons. The van der Waals surface area contributed by atoms with Gasteiger partial charge in [-0.05, 0) is 30.3 Å². The van der Waals surface area contributed by atoms with Gasteiger partial charge in [0.1, 0.15) is 17.4 Å². The van der Waals surface area contributed by atoms with Crippen molar-refractivity contribution < 1.29 is 13.9 Å². The molecule has 0 atom stereocenters. The topological polar surface area (TPSA) is 46.2 Å². The fourth-order valence-electron chi connectivity index (χ4n) is 1.47. The van der Waals surface area contributed by atoms with Crippen molar-refractivity contribution in [1.82, 2.24) is 0 Å². The van der Waals surface area contributed by atoms with Gasteiger partial charge in [0.15, 0.2) is 0 Å². The zero-order chi connectivity index (χ0) is 13.1. The van der Waals surface area contributed by atoms with E-state index in [2.05, 4.69) is 0 Å². The third-order valence-electron chi connectivity index (χ3n) is 2.38. The number of hydrogen-bond donors (Lipinski definition) is 2. The number of phenols is 1. The molecule has 0 amide bonds. The SMILES string of the molecule is Nc1ccc(O)c(CSc2ccc(F)cc2F)c1. The Morgan fingerprint density at radius 2 is 1.89 bits per heavy atom. The zero-order valence-electron chi connectivity index (χ0n) is 9.36. The fraction of sp³-hybridized carbons (Fsp3) is 0.0769. The Balaban J connectivity index is 2.13. The van der Waals surface area contributed by atoms with Crippen molar-refractivity contribution in [3.63, 3.8) is 0 Å². The third-order valence-corrected chi connectivity index (χ3v) is 3.48. The molecule has 5 heteroatoms. The first-order valence-electron chi connectivity index (χ1n) is 5.21. The lowest BCUT2D eigenvalue weighted by Crippen LogP contribution is -1.89. The highest BCUT2D eigenvalue weighted by molar-refractivity contribution is 7.98. The number of nitrogen functional groups attached to an aromatic ring is 1. The summed E-state index contributed by atoms with van der Waals surface area (Å²) in [6.07, 6.45) is 0. The van der Waals surface area contributed by atoms with Gasteiger partial charge in [0.2, 0.25) is 0 Å². The van der Waals surface area contributed by atoms with E-state index in [1.165, 1.54) is 30.0 Å². The molecule has 0 bridgehead atoms. The van der Waals surface area contributed by atoms with E-state index in [0.717, 1.165) is 6.07 Å². The van der Waals surface area contributed by atoms with E-state index in [1.807, 2.05) is 0 Å². The van der Waals surface area contributed by atoms with E-state index in [9.17, 15) is 13.9 Å². The maximum atomic E-state index is 13.4. The highest BCUT2D eigenvalue weighted by atomic mass is 32.2. The second-order valence-electron chi connectivity index (χ2n) is 3.75. The van der Waals surface area contributed by atoms with Gasteiger partial charge in [-0.25, -0.2) is 8.78 Å². The van der Waals surface area contributed by atoms with Gasteiger partial charge in [-0.1, -0.05) is 0 Å². The van der Waals surface area contributed by atoms with Gasteiger partial charge in [0.05, 0.1) is 0 Å². The van der Waals surface area contributed by atoms with Crippen LogP contribution in [0.25, 0.3) is 0 Å². The molecule has 0 heterocycles. The largest absolute Gasteiger partial charge is 0.508 e. The molecule has 0 aliphatic heterocycles. The first-order chi connectivity index (χ1) is 8.56. The quantitative estimate of drug-likeness (QED) is 0.508. The minimum Gasteiger partial charge on any atom is -0.508 e. The summed E-state index contributed by atoms with van der Waals surface area (Å²) in [5, 5.41) is 9.60.